The number of halogens is 2. The average molecular weight is 379 g/mol. The number of hydrogen-bond donors (Lipinski definition) is 1. The summed E-state index contributed by atoms with van der Waals surface area (Å²) >= 11 is 12.0. The fraction of sp³-hybridized carbons (Fsp3) is 0.389. The molecular formula is C18H20Cl2N4O. The number of anilines is 1. The van der Waals surface area contributed by atoms with E-state index in [1.807, 2.05) is 13.0 Å². The van der Waals surface area contributed by atoms with E-state index < -0.39 is 0 Å². The molecule has 0 saturated carbocycles. The van der Waals surface area contributed by atoms with E-state index >= 15 is 0 Å². The molecule has 0 radical (unpaired) electrons. The van der Waals surface area contributed by atoms with E-state index in [4.69, 9.17) is 23.2 Å². The molecule has 1 aromatic carbocycles. The van der Waals surface area contributed by atoms with Gasteiger partial charge in [0.05, 0.1) is 0 Å². The van der Waals surface area contributed by atoms with Gasteiger partial charge in [-0.2, -0.15) is 0 Å². The molecular weight excluding hydrogens is 359 g/mol. The van der Waals surface area contributed by atoms with Crippen molar-refractivity contribution in [1.82, 2.24) is 15.3 Å². The van der Waals surface area contributed by atoms with Gasteiger partial charge < -0.3 is 10.2 Å². The number of amides is 1. The lowest BCUT2D eigenvalue weighted by molar-refractivity contribution is 0.0949. The zero-order chi connectivity index (χ0) is 17.8. The normalized spacial score (nSPS) is 14.0. The minimum atomic E-state index is -0.198. The zero-order valence-electron chi connectivity index (χ0n) is 14.1. The van der Waals surface area contributed by atoms with E-state index in [1.165, 1.54) is 0 Å². The number of aryl methyl sites for hydroxylation is 1. The van der Waals surface area contributed by atoms with Crippen LogP contribution in [0, 0.1) is 6.92 Å². The van der Waals surface area contributed by atoms with Crippen molar-refractivity contribution >= 4 is 35.1 Å². The SMILES string of the molecule is Cc1cc(C(=O)NCCc2ccc(Cl)cc2Cl)nc(N2CCCC2)n1. The smallest absolute Gasteiger partial charge is 0.270 e. The van der Waals surface area contributed by atoms with Crippen molar-refractivity contribution in [2.45, 2.75) is 26.2 Å². The van der Waals surface area contributed by atoms with Gasteiger partial charge in [-0.05, 0) is 49.9 Å². The Morgan fingerprint density at radius 3 is 2.68 bits per heavy atom. The van der Waals surface area contributed by atoms with Gasteiger partial charge in [-0.3, -0.25) is 4.79 Å². The van der Waals surface area contributed by atoms with Gasteiger partial charge in [0.1, 0.15) is 5.69 Å². The van der Waals surface area contributed by atoms with Gasteiger partial charge in [0, 0.05) is 35.4 Å². The van der Waals surface area contributed by atoms with Crippen LogP contribution in [0.3, 0.4) is 0 Å². The van der Waals surface area contributed by atoms with Crippen molar-refractivity contribution in [2.24, 2.45) is 0 Å². The van der Waals surface area contributed by atoms with Crippen molar-refractivity contribution in [2.75, 3.05) is 24.5 Å². The number of carbonyl (C=O) groups is 1. The molecule has 1 fully saturated rings. The second kappa shape index (κ2) is 8.02. The Hall–Kier alpha value is -1.85. The molecule has 1 aromatic heterocycles. The molecule has 0 atom stereocenters. The Labute approximate surface area is 157 Å². The van der Waals surface area contributed by atoms with Gasteiger partial charge in [-0.15, -0.1) is 0 Å². The standard InChI is InChI=1S/C18H20Cl2N4O/c1-12-10-16(23-18(22-12)24-8-2-3-9-24)17(25)21-7-6-13-4-5-14(19)11-15(13)20/h4-5,10-11H,2-3,6-9H2,1H3,(H,21,25). The third-order valence-electron chi connectivity index (χ3n) is 4.16. The summed E-state index contributed by atoms with van der Waals surface area (Å²) in [6.45, 7) is 4.24. The molecule has 2 heterocycles. The molecule has 0 aliphatic carbocycles. The molecule has 25 heavy (non-hydrogen) atoms. The predicted octanol–water partition coefficient (Wildman–Crippen LogP) is 3.66. The summed E-state index contributed by atoms with van der Waals surface area (Å²) in [4.78, 5) is 23.4. The lowest BCUT2D eigenvalue weighted by Gasteiger charge is -2.16. The first-order chi connectivity index (χ1) is 12.0. The van der Waals surface area contributed by atoms with Crippen LogP contribution in [-0.2, 0) is 6.42 Å². The summed E-state index contributed by atoms with van der Waals surface area (Å²) in [5.41, 5.74) is 2.14. The van der Waals surface area contributed by atoms with Crippen molar-refractivity contribution in [3.05, 3.63) is 51.3 Å². The largest absolute Gasteiger partial charge is 0.350 e. The van der Waals surface area contributed by atoms with Crippen molar-refractivity contribution < 1.29 is 4.79 Å². The molecule has 0 unspecified atom stereocenters. The van der Waals surface area contributed by atoms with Gasteiger partial charge in [-0.1, -0.05) is 29.3 Å². The summed E-state index contributed by atoms with van der Waals surface area (Å²) in [5.74, 6) is 0.444. The Morgan fingerprint density at radius 2 is 1.96 bits per heavy atom. The van der Waals surface area contributed by atoms with Crippen molar-refractivity contribution in [1.29, 1.82) is 0 Å². The van der Waals surface area contributed by atoms with Crippen LogP contribution < -0.4 is 10.2 Å². The van der Waals surface area contributed by atoms with Gasteiger partial charge in [0.25, 0.3) is 5.91 Å². The molecule has 1 N–H and O–H groups in total. The number of hydrogen-bond acceptors (Lipinski definition) is 4. The Morgan fingerprint density at radius 1 is 1.20 bits per heavy atom. The van der Waals surface area contributed by atoms with Gasteiger partial charge in [0.15, 0.2) is 0 Å². The fourth-order valence-electron chi connectivity index (χ4n) is 2.85. The van der Waals surface area contributed by atoms with E-state index in [2.05, 4.69) is 20.2 Å². The number of carbonyl (C=O) groups excluding carboxylic acids is 1. The first-order valence-electron chi connectivity index (χ1n) is 8.36. The second-order valence-electron chi connectivity index (χ2n) is 6.13. The highest BCUT2D eigenvalue weighted by molar-refractivity contribution is 6.35. The molecule has 2 aromatic rings. The maximum absolute atomic E-state index is 12.4. The quantitative estimate of drug-likeness (QED) is 0.862. The second-order valence-corrected chi connectivity index (χ2v) is 6.97. The van der Waals surface area contributed by atoms with Crippen LogP contribution in [0.25, 0.3) is 0 Å². The third-order valence-corrected chi connectivity index (χ3v) is 4.75. The molecule has 1 saturated heterocycles. The number of nitrogens with one attached hydrogen (secondary N) is 1. The summed E-state index contributed by atoms with van der Waals surface area (Å²) < 4.78 is 0. The predicted molar refractivity (Wildman–Crippen MR) is 101 cm³/mol. The summed E-state index contributed by atoms with van der Waals surface area (Å²) in [6.07, 6.45) is 2.91. The van der Waals surface area contributed by atoms with Crippen LogP contribution >= 0.6 is 23.2 Å². The van der Waals surface area contributed by atoms with E-state index in [1.54, 1.807) is 18.2 Å². The first kappa shape index (κ1) is 18.0. The van der Waals surface area contributed by atoms with E-state index in [-0.39, 0.29) is 5.91 Å². The molecule has 132 valence electrons. The average Bonchev–Trinajstić information content (AvgIpc) is 3.11. The monoisotopic (exact) mass is 378 g/mol. The highest BCUT2D eigenvalue weighted by Crippen LogP contribution is 2.21. The van der Waals surface area contributed by atoms with Crippen LogP contribution in [0.5, 0.6) is 0 Å². The summed E-state index contributed by atoms with van der Waals surface area (Å²) in [7, 11) is 0. The van der Waals surface area contributed by atoms with Gasteiger partial charge in [-0.25, -0.2) is 9.97 Å². The number of rotatable bonds is 5. The van der Waals surface area contributed by atoms with Crippen LogP contribution in [0.4, 0.5) is 5.95 Å². The number of nitrogens with zero attached hydrogens (tertiary/aromatic N) is 3. The molecule has 0 spiro atoms. The maximum Gasteiger partial charge on any atom is 0.270 e. The summed E-state index contributed by atoms with van der Waals surface area (Å²) in [6, 6.07) is 7.08. The van der Waals surface area contributed by atoms with Gasteiger partial charge >= 0.3 is 0 Å². The van der Waals surface area contributed by atoms with Crippen LogP contribution in [-0.4, -0.2) is 35.5 Å². The molecule has 1 aliphatic rings. The summed E-state index contributed by atoms with van der Waals surface area (Å²) in [5, 5.41) is 4.10. The lowest BCUT2D eigenvalue weighted by Crippen LogP contribution is -2.28. The first-order valence-corrected chi connectivity index (χ1v) is 9.11. The van der Waals surface area contributed by atoms with Crippen molar-refractivity contribution in [3.63, 3.8) is 0 Å². The number of benzene rings is 1. The Bertz CT molecular complexity index is 776. The highest BCUT2D eigenvalue weighted by Gasteiger charge is 2.18. The van der Waals surface area contributed by atoms with Crippen molar-refractivity contribution in [3.8, 4) is 0 Å². The molecule has 7 heteroatoms. The molecule has 5 nitrogen and oxygen atoms in total. The fourth-order valence-corrected chi connectivity index (χ4v) is 3.36. The maximum atomic E-state index is 12.4. The molecule has 1 aliphatic heterocycles. The lowest BCUT2D eigenvalue weighted by atomic mass is 10.1. The number of aromatic nitrogens is 2. The van der Waals surface area contributed by atoms with E-state index in [9.17, 15) is 4.79 Å². The minimum absolute atomic E-state index is 0.198. The van der Waals surface area contributed by atoms with E-state index in [0.29, 0.717) is 34.7 Å². The third kappa shape index (κ3) is 4.61. The Balaban J connectivity index is 1.62. The van der Waals surface area contributed by atoms with Crippen LogP contribution in [0.2, 0.25) is 10.0 Å². The van der Waals surface area contributed by atoms with E-state index in [0.717, 1.165) is 37.2 Å². The molecule has 1 amide bonds. The molecule has 0 bridgehead atoms. The Kier molecular flexibility index (Phi) is 5.76. The van der Waals surface area contributed by atoms with Crippen LogP contribution in [0.1, 0.15) is 34.6 Å². The molecule has 3 rings (SSSR count). The zero-order valence-corrected chi connectivity index (χ0v) is 15.6. The highest BCUT2D eigenvalue weighted by atomic mass is 35.5. The van der Waals surface area contributed by atoms with Crippen LogP contribution in [0.15, 0.2) is 24.3 Å². The topological polar surface area (TPSA) is 58.1 Å². The minimum Gasteiger partial charge on any atom is -0.350 e. The van der Waals surface area contributed by atoms with Gasteiger partial charge in [0.2, 0.25) is 5.95 Å².